The zero-order chi connectivity index (χ0) is 15.2. The summed E-state index contributed by atoms with van der Waals surface area (Å²) in [6, 6.07) is 4.55. The molecule has 0 aliphatic carbocycles. The molecular formula is C14H17N3O4. The Labute approximate surface area is 120 Å². The minimum atomic E-state index is -0.484. The van der Waals surface area contributed by atoms with Crippen molar-refractivity contribution in [1.82, 2.24) is 10.3 Å². The van der Waals surface area contributed by atoms with Gasteiger partial charge in [-0.2, -0.15) is 0 Å². The lowest BCUT2D eigenvalue weighted by Crippen LogP contribution is -2.31. The number of aromatic nitrogens is 1. The summed E-state index contributed by atoms with van der Waals surface area (Å²) in [6.45, 7) is 0.337. The standard InChI is InChI=1S/C14H17N3O4/c1-21-9-3-4-10-11(7-9)16-8-12(13(10)19)17-14(20)15-5-2-6-18/h3-4,7-8,18H,2,5-6H2,1H3,(H,16,19)(H2,15,17,20). The number of aliphatic hydroxyl groups excluding tert-OH is 1. The van der Waals surface area contributed by atoms with E-state index in [1.54, 1.807) is 25.3 Å². The zero-order valence-corrected chi connectivity index (χ0v) is 11.6. The number of aliphatic hydroxyl groups is 1. The molecule has 0 bridgehead atoms. The van der Waals surface area contributed by atoms with Crippen LogP contribution in [0.3, 0.4) is 0 Å². The van der Waals surface area contributed by atoms with Gasteiger partial charge in [-0.25, -0.2) is 4.79 Å². The molecule has 1 aromatic carbocycles. The Morgan fingerprint density at radius 1 is 1.43 bits per heavy atom. The molecule has 7 heteroatoms. The first-order valence-corrected chi connectivity index (χ1v) is 6.51. The van der Waals surface area contributed by atoms with Crippen LogP contribution in [0.5, 0.6) is 5.75 Å². The Morgan fingerprint density at radius 3 is 2.95 bits per heavy atom. The Balaban J connectivity index is 2.20. The largest absolute Gasteiger partial charge is 0.497 e. The fraction of sp³-hybridized carbons (Fsp3) is 0.286. The number of hydrogen-bond donors (Lipinski definition) is 4. The molecule has 1 heterocycles. The number of anilines is 1. The summed E-state index contributed by atoms with van der Waals surface area (Å²) in [7, 11) is 1.55. The first-order chi connectivity index (χ1) is 10.2. The van der Waals surface area contributed by atoms with Gasteiger partial charge in [-0.3, -0.25) is 4.79 Å². The first-order valence-electron chi connectivity index (χ1n) is 6.51. The number of nitrogens with one attached hydrogen (secondary N) is 3. The normalized spacial score (nSPS) is 10.4. The van der Waals surface area contributed by atoms with Gasteiger partial charge in [0.15, 0.2) is 0 Å². The number of H-pyrrole nitrogens is 1. The molecule has 0 saturated heterocycles. The minimum absolute atomic E-state index is 0.00132. The molecule has 0 spiro atoms. The molecule has 0 fully saturated rings. The summed E-state index contributed by atoms with van der Waals surface area (Å²) in [6.07, 6.45) is 1.90. The summed E-state index contributed by atoms with van der Waals surface area (Å²) >= 11 is 0. The maximum absolute atomic E-state index is 12.3. The smallest absolute Gasteiger partial charge is 0.319 e. The molecule has 4 N–H and O–H groups in total. The summed E-state index contributed by atoms with van der Waals surface area (Å²) < 4.78 is 5.09. The second-order valence-corrected chi connectivity index (χ2v) is 4.40. The summed E-state index contributed by atoms with van der Waals surface area (Å²) in [4.78, 5) is 26.8. The van der Waals surface area contributed by atoms with Crippen molar-refractivity contribution in [3.05, 3.63) is 34.6 Å². The lowest BCUT2D eigenvalue weighted by molar-refractivity contribution is 0.249. The number of aromatic amines is 1. The van der Waals surface area contributed by atoms with Crippen molar-refractivity contribution in [2.24, 2.45) is 0 Å². The summed E-state index contributed by atoms with van der Waals surface area (Å²) in [5.74, 6) is 0.639. The van der Waals surface area contributed by atoms with E-state index in [1.807, 2.05) is 0 Å². The van der Waals surface area contributed by atoms with Gasteiger partial charge in [0.05, 0.1) is 12.6 Å². The third-order valence-corrected chi connectivity index (χ3v) is 2.96. The predicted molar refractivity (Wildman–Crippen MR) is 79.8 cm³/mol. The van der Waals surface area contributed by atoms with Crippen LogP contribution in [0.1, 0.15) is 6.42 Å². The van der Waals surface area contributed by atoms with E-state index in [0.717, 1.165) is 0 Å². The van der Waals surface area contributed by atoms with E-state index in [1.165, 1.54) is 6.20 Å². The van der Waals surface area contributed by atoms with Crippen molar-refractivity contribution in [3.63, 3.8) is 0 Å². The average Bonchev–Trinajstić information content (AvgIpc) is 2.50. The van der Waals surface area contributed by atoms with E-state index in [-0.39, 0.29) is 17.7 Å². The van der Waals surface area contributed by atoms with Gasteiger partial charge in [-0.15, -0.1) is 0 Å². The monoisotopic (exact) mass is 291 g/mol. The highest BCUT2D eigenvalue weighted by Crippen LogP contribution is 2.17. The summed E-state index contributed by atoms with van der Waals surface area (Å²) in [5.41, 5.74) is 0.517. The number of fused-ring (bicyclic) bond motifs is 1. The van der Waals surface area contributed by atoms with Crippen molar-refractivity contribution in [3.8, 4) is 5.75 Å². The van der Waals surface area contributed by atoms with Gasteiger partial charge in [0.1, 0.15) is 11.4 Å². The Hall–Kier alpha value is -2.54. The molecule has 21 heavy (non-hydrogen) atoms. The average molecular weight is 291 g/mol. The number of carbonyl (C=O) groups excluding carboxylic acids is 1. The molecule has 0 unspecified atom stereocenters. The highest BCUT2D eigenvalue weighted by molar-refractivity contribution is 5.92. The Bertz CT molecular complexity index is 696. The van der Waals surface area contributed by atoms with Crippen molar-refractivity contribution in [2.75, 3.05) is 25.6 Å². The van der Waals surface area contributed by atoms with E-state index < -0.39 is 6.03 Å². The number of pyridine rings is 1. The molecule has 0 aliphatic heterocycles. The van der Waals surface area contributed by atoms with Crippen LogP contribution in [0.4, 0.5) is 10.5 Å². The number of hydrogen-bond acceptors (Lipinski definition) is 4. The third-order valence-electron chi connectivity index (χ3n) is 2.96. The number of ether oxygens (including phenoxy) is 1. The highest BCUT2D eigenvalue weighted by atomic mass is 16.5. The molecule has 0 atom stereocenters. The molecule has 2 aromatic rings. The van der Waals surface area contributed by atoms with Crippen molar-refractivity contribution in [2.45, 2.75) is 6.42 Å². The van der Waals surface area contributed by atoms with Gasteiger partial charge in [0.2, 0.25) is 5.43 Å². The quantitative estimate of drug-likeness (QED) is 0.618. The van der Waals surface area contributed by atoms with E-state index in [4.69, 9.17) is 9.84 Å². The lowest BCUT2D eigenvalue weighted by atomic mass is 10.2. The predicted octanol–water partition coefficient (Wildman–Crippen LogP) is 1.04. The van der Waals surface area contributed by atoms with Gasteiger partial charge < -0.3 is 25.5 Å². The van der Waals surface area contributed by atoms with Crippen LogP contribution < -0.4 is 20.8 Å². The minimum Gasteiger partial charge on any atom is -0.497 e. The topological polar surface area (TPSA) is 103 Å². The number of amides is 2. The number of benzene rings is 1. The van der Waals surface area contributed by atoms with E-state index in [2.05, 4.69) is 15.6 Å². The number of carbonyl (C=O) groups is 1. The number of urea groups is 1. The first kappa shape index (κ1) is 14.9. The van der Waals surface area contributed by atoms with Crippen molar-refractivity contribution in [1.29, 1.82) is 0 Å². The number of rotatable bonds is 5. The Kier molecular flexibility index (Phi) is 4.78. The van der Waals surface area contributed by atoms with Gasteiger partial charge in [0.25, 0.3) is 0 Å². The maximum atomic E-state index is 12.3. The van der Waals surface area contributed by atoms with E-state index >= 15 is 0 Å². The molecule has 0 radical (unpaired) electrons. The highest BCUT2D eigenvalue weighted by Gasteiger charge is 2.08. The SMILES string of the molecule is COc1ccc2c(=O)c(NC(=O)NCCCO)c[nH]c2c1. The van der Waals surface area contributed by atoms with E-state index in [0.29, 0.717) is 29.6 Å². The molecule has 0 saturated carbocycles. The van der Waals surface area contributed by atoms with E-state index in [9.17, 15) is 9.59 Å². The van der Waals surface area contributed by atoms with Crippen molar-refractivity contribution < 1.29 is 14.6 Å². The molecule has 2 amide bonds. The fourth-order valence-electron chi connectivity index (χ4n) is 1.87. The second kappa shape index (κ2) is 6.76. The van der Waals surface area contributed by atoms with Crippen LogP contribution in [0, 0.1) is 0 Å². The lowest BCUT2D eigenvalue weighted by Gasteiger charge is -2.08. The van der Waals surface area contributed by atoms with Crippen LogP contribution >= 0.6 is 0 Å². The second-order valence-electron chi connectivity index (χ2n) is 4.40. The molecule has 112 valence electrons. The van der Waals surface area contributed by atoms with Crippen LogP contribution in [0.2, 0.25) is 0 Å². The van der Waals surface area contributed by atoms with Gasteiger partial charge in [-0.1, -0.05) is 0 Å². The molecular weight excluding hydrogens is 274 g/mol. The van der Waals surface area contributed by atoms with Crippen LogP contribution in [-0.2, 0) is 0 Å². The number of methoxy groups -OCH3 is 1. The van der Waals surface area contributed by atoms with Gasteiger partial charge in [0, 0.05) is 30.8 Å². The molecule has 0 aliphatic rings. The fourth-order valence-corrected chi connectivity index (χ4v) is 1.87. The van der Waals surface area contributed by atoms with Crippen molar-refractivity contribution >= 4 is 22.6 Å². The molecule has 2 rings (SSSR count). The molecule has 7 nitrogen and oxygen atoms in total. The van der Waals surface area contributed by atoms with Crippen LogP contribution in [-0.4, -0.2) is 36.4 Å². The van der Waals surface area contributed by atoms with Gasteiger partial charge in [-0.05, 0) is 18.6 Å². The Morgan fingerprint density at radius 2 is 2.24 bits per heavy atom. The summed E-state index contributed by atoms with van der Waals surface area (Å²) in [5, 5.41) is 14.1. The van der Waals surface area contributed by atoms with Gasteiger partial charge >= 0.3 is 6.03 Å². The maximum Gasteiger partial charge on any atom is 0.319 e. The van der Waals surface area contributed by atoms with Crippen LogP contribution in [0.15, 0.2) is 29.2 Å². The third kappa shape index (κ3) is 3.51. The molecule has 1 aromatic heterocycles. The zero-order valence-electron chi connectivity index (χ0n) is 11.6. The van der Waals surface area contributed by atoms with Crippen LogP contribution in [0.25, 0.3) is 10.9 Å².